The van der Waals surface area contributed by atoms with Gasteiger partial charge in [0.05, 0.1) is 17.7 Å². The molecule has 1 aromatic carbocycles. The number of benzene rings is 1. The van der Waals surface area contributed by atoms with Gasteiger partial charge in [0.1, 0.15) is 12.5 Å². The van der Waals surface area contributed by atoms with Crippen molar-refractivity contribution in [1.29, 1.82) is 0 Å². The molecule has 160 valence electrons. The minimum Gasteiger partial charge on any atom is -0.389 e. The lowest BCUT2D eigenvalue weighted by molar-refractivity contribution is -0.155. The fourth-order valence-corrected chi connectivity index (χ4v) is 4.56. The highest BCUT2D eigenvalue weighted by molar-refractivity contribution is 6.76. The van der Waals surface area contributed by atoms with E-state index in [9.17, 15) is 19.1 Å². The number of nitrogens with zero attached hydrogens (tertiary/aromatic N) is 2. The van der Waals surface area contributed by atoms with E-state index in [2.05, 4.69) is 19.6 Å². The summed E-state index contributed by atoms with van der Waals surface area (Å²) in [5, 5.41) is 9.72. The summed E-state index contributed by atoms with van der Waals surface area (Å²) in [7, 11) is -1.27. The molecule has 0 saturated carbocycles. The standard InChI is InChI=1S/C20H28ClFN2O4Si/c1-29(2,3)7-6-28-12-24-19(26)5-4-14(20(24)27)15-8-17(22)18(9-16(15)21)23-10-13(25)11-23/h8-9,13-14,25H,4-7,10-12H2,1-3H3. The Morgan fingerprint density at radius 1 is 1.28 bits per heavy atom. The normalized spacial score (nSPS) is 21.0. The number of aliphatic hydroxyl groups excluding tert-OH is 1. The molecule has 2 saturated heterocycles. The largest absolute Gasteiger partial charge is 0.389 e. The molecule has 0 bridgehead atoms. The number of carbonyl (C=O) groups excluding carboxylic acids is 2. The molecule has 2 aliphatic rings. The van der Waals surface area contributed by atoms with Crippen LogP contribution in [0.25, 0.3) is 0 Å². The molecular weight excluding hydrogens is 415 g/mol. The van der Waals surface area contributed by atoms with Crippen LogP contribution >= 0.6 is 11.6 Å². The third kappa shape index (κ3) is 5.17. The molecular formula is C20H28ClFN2O4Si. The van der Waals surface area contributed by atoms with Crippen molar-refractivity contribution in [3.8, 4) is 0 Å². The molecule has 0 spiro atoms. The Labute approximate surface area is 176 Å². The van der Waals surface area contributed by atoms with E-state index in [4.69, 9.17) is 16.3 Å². The first kappa shape index (κ1) is 22.2. The minimum atomic E-state index is -1.27. The zero-order valence-electron chi connectivity index (χ0n) is 17.1. The minimum absolute atomic E-state index is 0.0809. The first-order chi connectivity index (χ1) is 13.6. The van der Waals surface area contributed by atoms with Crippen molar-refractivity contribution in [1.82, 2.24) is 4.90 Å². The van der Waals surface area contributed by atoms with Crippen molar-refractivity contribution < 1.29 is 23.8 Å². The topological polar surface area (TPSA) is 70.1 Å². The third-order valence-electron chi connectivity index (χ3n) is 5.37. The summed E-state index contributed by atoms with van der Waals surface area (Å²) >= 11 is 6.38. The molecule has 2 amide bonds. The Kier molecular flexibility index (Phi) is 6.67. The lowest BCUT2D eigenvalue weighted by Gasteiger charge is -2.38. The second-order valence-corrected chi connectivity index (χ2v) is 15.0. The molecule has 2 heterocycles. The maximum absolute atomic E-state index is 14.6. The zero-order chi connectivity index (χ0) is 21.3. The van der Waals surface area contributed by atoms with Gasteiger partial charge in [-0.05, 0) is 30.2 Å². The van der Waals surface area contributed by atoms with Crippen LogP contribution < -0.4 is 4.90 Å². The quantitative estimate of drug-likeness (QED) is 0.399. The van der Waals surface area contributed by atoms with Crippen molar-refractivity contribution in [2.24, 2.45) is 0 Å². The average Bonchev–Trinajstić information content (AvgIpc) is 2.59. The van der Waals surface area contributed by atoms with Gasteiger partial charge < -0.3 is 14.7 Å². The van der Waals surface area contributed by atoms with E-state index in [0.717, 1.165) is 10.9 Å². The Morgan fingerprint density at radius 2 is 1.97 bits per heavy atom. The van der Waals surface area contributed by atoms with E-state index >= 15 is 0 Å². The highest BCUT2D eigenvalue weighted by Gasteiger charge is 2.37. The molecule has 9 heteroatoms. The van der Waals surface area contributed by atoms with Crippen molar-refractivity contribution in [3.05, 3.63) is 28.5 Å². The number of aliphatic hydroxyl groups is 1. The Balaban J connectivity index is 1.71. The number of ether oxygens (including phenoxy) is 1. The number of amides is 2. The van der Waals surface area contributed by atoms with E-state index in [1.807, 2.05) is 0 Å². The number of hydrogen-bond acceptors (Lipinski definition) is 5. The molecule has 6 nitrogen and oxygen atoms in total. The number of imide groups is 1. The van der Waals surface area contributed by atoms with Crippen LogP contribution in [0, 0.1) is 5.82 Å². The highest BCUT2D eigenvalue weighted by atomic mass is 35.5. The highest BCUT2D eigenvalue weighted by Crippen LogP contribution is 2.37. The van der Waals surface area contributed by atoms with Gasteiger partial charge >= 0.3 is 0 Å². The SMILES string of the molecule is C[Si](C)(C)CCOCN1C(=O)CCC(c2cc(F)c(N3CC(O)C3)cc2Cl)C1=O. The summed E-state index contributed by atoms with van der Waals surface area (Å²) in [5.41, 5.74) is 0.702. The lowest BCUT2D eigenvalue weighted by Crippen LogP contribution is -2.51. The second kappa shape index (κ2) is 8.71. The molecule has 0 aliphatic carbocycles. The number of β-amino-alcohol motifs (C(OH)–C–C–N with tert-alkyl or cyclic N) is 1. The van der Waals surface area contributed by atoms with Gasteiger partial charge in [0.25, 0.3) is 0 Å². The molecule has 29 heavy (non-hydrogen) atoms. The van der Waals surface area contributed by atoms with Crippen molar-refractivity contribution in [2.75, 3.05) is 31.3 Å². The maximum atomic E-state index is 14.6. The van der Waals surface area contributed by atoms with Crippen molar-refractivity contribution in [2.45, 2.75) is 50.5 Å². The maximum Gasteiger partial charge on any atom is 0.238 e. The zero-order valence-corrected chi connectivity index (χ0v) is 18.8. The molecule has 1 aromatic rings. The summed E-state index contributed by atoms with van der Waals surface area (Å²) in [6.07, 6.45) is 0.0174. The number of likely N-dealkylation sites (tertiary alicyclic amines) is 1. The number of carbonyl (C=O) groups is 2. The first-order valence-corrected chi connectivity index (χ1v) is 14.0. The van der Waals surface area contributed by atoms with Crippen LogP contribution in [-0.4, -0.2) is 62.4 Å². The van der Waals surface area contributed by atoms with Crippen LogP contribution in [0.3, 0.4) is 0 Å². The van der Waals surface area contributed by atoms with Crippen LogP contribution in [0.5, 0.6) is 0 Å². The number of rotatable bonds is 7. The van der Waals surface area contributed by atoms with E-state index in [-0.39, 0.29) is 24.1 Å². The summed E-state index contributed by atoms with van der Waals surface area (Å²) in [6, 6.07) is 3.72. The average molecular weight is 443 g/mol. The van der Waals surface area contributed by atoms with Crippen LogP contribution in [-0.2, 0) is 14.3 Å². The van der Waals surface area contributed by atoms with Crippen LogP contribution in [0.2, 0.25) is 30.7 Å². The van der Waals surface area contributed by atoms with Gasteiger partial charge in [-0.3, -0.25) is 14.5 Å². The number of halogens is 2. The number of hydrogen-bond donors (Lipinski definition) is 1. The van der Waals surface area contributed by atoms with Gasteiger partial charge in [0, 0.05) is 39.2 Å². The molecule has 3 rings (SSSR count). The summed E-state index contributed by atoms with van der Waals surface area (Å²) < 4.78 is 20.2. The van der Waals surface area contributed by atoms with Crippen LogP contribution in [0.4, 0.5) is 10.1 Å². The van der Waals surface area contributed by atoms with E-state index in [0.29, 0.717) is 37.4 Å². The lowest BCUT2D eigenvalue weighted by atomic mass is 9.89. The summed E-state index contributed by atoms with van der Waals surface area (Å²) in [6.45, 7) is 7.81. The van der Waals surface area contributed by atoms with Gasteiger partial charge in [-0.25, -0.2) is 4.39 Å². The van der Waals surface area contributed by atoms with Gasteiger partial charge in [-0.15, -0.1) is 0 Å². The molecule has 2 fully saturated rings. The van der Waals surface area contributed by atoms with Gasteiger partial charge in [0.2, 0.25) is 11.8 Å². The molecule has 0 aromatic heterocycles. The van der Waals surface area contributed by atoms with Crippen LogP contribution in [0.1, 0.15) is 24.3 Å². The first-order valence-electron chi connectivity index (χ1n) is 9.91. The predicted molar refractivity (Wildman–Crippen MR) is 112 cm³/mol. The summed E-state index contributed by atoms with van der Waals surface area (Å²) in [5.74, 6) is -1.84. The van der Waals surface area contributed by atoms with E-state index in [1.165, 1.54) is 12.1 Å². The van der Waals surface area contributed by atoms with Gasteiger partial charge in [0.15, 0.2) is 0 Å². The van der Waals surface area contributed by atoms with E-state index < -0.39 is 31.8 Å². The number of anilines is 1. The molecule has 1 atom stereocenters. The Morgan fingerprint density at radius 3 is 2.59 bits per heavy atom. The third-order valence-corrected chi connectivity index (χ3v) is 7.40. The Hall–Kier alpha value is -1.48. The Bertz CT molecular complexity index is 795. The van der Waals surface area contributed by atoms with Gasteiger partial charge in [-0.2, -0.15) is 0 Å². The van der Waals surface area contributed by atoms with Crippen molar-refractivity contribution >= 4 is 37.2 Å². The van der Waals surface area contributed by atoms with Crippen molar-refractivity contribution in [3.63, 3.8) is 0 Å². The fourth-order valence-electron chi connectivity index (χ4n) is 3.51. The monoisotopic (exact) mass is 442 g/mol. The van der Waals surface area contributed by atoms with E-state index in [1.54, 1.807) is 4.90 Å². The molecule has 2 aliphatic heterocycles. The predicted octanol–water partition coefficient (Wildman–Crippen LogP) is 3.20. The molecule has 1 unspecified atom stereocenters. The molecule has 1 N–H and O–H groups in total. The van der Waals surface area contributed by atoms with Gasteiger partial charge in [-0.1, -0.05) is 31.2 Å². The molecule has 0 radical (unpaired) electrons. The fraction of sp³-hybridized carbons (Fsp3) is 0.600. The second-order valence-electron chi connectivity index (χ2n) is 8.98. The number of piperidine rings is 1. The smallest absolute Gasteiger partial charge is 0.238 e. The summed E-state index contributed by atoms with van der Waals surface area (Å²) in [4.78, 5) is 28.0. The van der Waals surface area contributed by atoms with Crippen LogP contribution in [0.15, 0.2) is 12.1 Å².